The van der Waals surface area contributed by atoms with E-state index in [4.69, 9.17) is 9.25 Å². The van der Waals surface area contributed by atoms with Crippen molar-refractivity contribution in [2.24, 2.45) is 5.16 Å². The second-order valence-electron chi connectivity index (χ2n) is 6.57. The molecule has 0 unspecified atom stereocenters. The Kier molecular flexibility index (Phi) is 4.23. The Hall–Kier alpha value is -2.67. The van der Waals surface area contributed by atoms with Crippen LogP contribution in [0.3, 0.4) is 0 Å². The largest absolute Gasteiger partial charge is 0.467 e. The third-order valence-corrected chi connectivity index (χ3v) is 4.66. The summed E-state index contributed by atoms with van der Waals surface area (Å²) in [7, 11) is 0. The molecule has 0 saturated carbocycles. The lowest BCUT2D eigenvalue weighted by Gasteiger charge is -2.21. The Morgan fingerprint density at radius 1 is 1.32 bits per heavy atom. The maximum absolute atomic E-state index is 12.3. The van der Waals surface area contributed by atoms with Crippen molar-refractivity contribution >= 4 is 11.6 Å². The number of amides is 1. The minimum absolute atomic E-state index is 0.194. The summed E-state index contributed by atoms with van der Waals surface area (Å²) in [6.07, 6.45) is 6.61. The Labute approximate surface area is 145 Å². The van der Waals surface area contributed by atoms with E-state index in [1.807, 2.05) is 18.2 Å². The molecule has 4 rings (SSSR count). The molecule has 4 heterocycles. The number of carbonyl (C=O) groups is 1. The molecule has 0 bridgehead atoms. The van der Waals surface area contributed by atoms with Gasteiger partial charge in [0.05, 0.1) is 12.8 Å². The van der Waals surface area contributed by atoms with Crippen LogP contribution in [0.4, 0.5) is 0 Å². The molecule has 1 fully saturated rings. The van der Waals surface area contributed by atoms with E-state index in [1.54, 1.807) is 24.7 Å². The van der Waals surface area contributed by atoms with Gasteiger partial charge in [0.2, 0.25) is 0 Å². The average Bonchev–Trinajstić information content (AvgIpc) is 3.37. The average molecular weight is 340 g/mol. The number of likely N-dealkylation sites (tertiary alicyclic amines) is 1. The van der Waals surface area contributed by atoms with Gasteiger partial charge in [-0.15, -0.1) is 0 Å². The number of furan rings is 1. The van der Waals surface area contributed by atoms with Crippen LogP contribution in [-0.4, -0.2) is 40.2 Å². The second-order valence-corrected chi connectivity index (χ2v) is 6.57. The smallest absolute Gasteiger partial charge is 0.269 e. The molecular formula is C18H20N4O3. The first-order valence-electron chi connectivity index (χ1n) is 8.39. The SMILES string of the molecule is O=C(NCc1ccco1)C1=NO[C@]2(CCN(Cc3ccncc3)C2)C1. The lowest BCUT2D eigenvalue weighted by atomic mass is 9.96. The molecule has 25 heavy (non-hydrogen) atoms. The fourth-order valence-corrected chi connectivity index (χ4v) is 3.35. The summed E-state index contributed by atoms with van der Waals surface area (Å²) in [5.41, 5.74) is 1.31. The van der Waals surface area contributed by atoms with Crippen LogP contribution in [0.25, 0.3) is 0 Å². The van der Waals surface area contributed by atoms with Crippen molar-refractivity contribution in [1.82, 2.24) is 15.2 Å². The topological polar surface area (TPSA) is 80.0 Å². The Bertz CT molecular complexity index is 760. The lowest BCUT2D eigenvalue weighted by Crippen LogP contribution is -2.36. The summed E-state index contributed by atoms with van der Waals surface area (Å²) in [5.74, 6) is 0.521. The van der Waals surface area contributed by atoms with E-state index in [9.17, 15) is 4.79 Å². The number of hydrogen-bond donors (Lipinski definition) is 1. The molecule has 1 atom stereocenters. The fourth-order valence-electron chi connectivity index (χ4n) is 3.35. The second kappa shape index (κ2) is 6.68. The first kappa shape index (κ1) is 15.8. The van der Waals surface area contributed by atoms with Gasteiger partial charge >= 0.3 is 0 Å². The highest BCUT2D eigenvalue weighted by atomic mass is 16.7. The van der Waals surface area contributed by atoms with Crippen molar-refractivity contribution in [3.63, 3.8) is 0 Å². The number of oxime groups is 1. The molecule has 2 aliphatic rings. The van der Waals surface area contributed by atoms with Crippen molar-refractivity contribution in [3.05, 3.63) is 54.2 Å². The third-order valence-electron chi connectivity index (χ3n) is 4.66. The Morgan fingerprint density at radius 2 is 2.20 bits per heavy atom. The van der Waals surface area contributed by atoms with Crippen LogP contribution in [0.2, 0.25) is 0 Å². The molecule has 130 valence electrons. The van der Waals surface area contributed by atoms with Crippen LogP contribution < -0.4 is 5.32 Å². The lowest BCUT2D eigenvalue weighted by molar-refractivity contribution is -0.115. The molecule has 7 nitrogen and oxygen atoms in total. The van der Waals surface area contributed by atoms with E-state index >= 15 is 0 Å². The fraction of sp³-hybridized carbons (Fsp3) is 0.389. The maximum atomic E-state index is 12.3. The van der Waals surface area contributed by atoms with Crippen LogP contribution in [0.1, 0.15) is 24.2 Å². The quantitative estimate of drug-likeness (QED) is 0.896. The summed E-state index contributed by atoms with van der Waals surface area (Å²) < 4.78 is 5.21. The van der Waals surface area contributed by atoms with Crippen LogP contribution in [-0.2, 0) is 22.7 Å². The van der Waals surface area contributed by atoms with Gasteiger partial charge in [-0.05, 0) is 29.8 Å². The standard InChI is InChI=1S/C18H20N4O3/c23-17(20-11-15-2-1-9-24-15)16-10-18(25-21-16)5-8-22(13-18)12-14-3-6-19-7-4-14/h1-4,6-7,9H,5,8,10-13H2,(H,20,23)/t18-/m1/s1. The van der Waals surface area contributed by atoms with Gasteiger partial charge in [0.1, 0.15) is 11.5 Å². The van der Waals surface area contributed by atoms with E-state index in [0.717, 1.165) is 26.1 Å². The number of aromatic nitrogens is 1. The monoisotopic (exact) mass is 340 g/mol. The third kappa shape index (κ3) is 3.56. The zero-order valence-corrected chi connectivity index (χ0v) is 13.9. The minimum Gasteiger partial charge on any atom is -0.467 e. The molecule has 1 saturated heterocycles. The highest BCUT2D eigenvalue weighted by molar-refractivity contribution is 6.39. The number of hydrogen-bond acceptors (Lipinski definition) is 6. The molecule has 7 heteroatoms. The molecule has 0 aliphatic carbocycles. The van der Waals surface area contributed by atoms with E-state index in [0.29, 0.717) is 24.4 Å². The zero-order chi connectivity index (χ0) is 17.1. The van der Waals surface area contributed by atoms with Crippen molar-refractivity contribution in [3.8, 4) is 0 Å². The van der Waals surface area contributed by atoms with Crippen molar-refractivity contribution < 1.29 is 14.0 Å². The highest BCUT2D eigenvalue weighted by Crippen LogP contribution is 2.34. The van der Waals surface area contributed by atoms with Crippen LogP contribution in [0.15, 0.2) is 52.5 Å². The summed E-state index contributed by atoms with van der Waals surface area (Å²) in [5, 5.41) is 6.87. The van der Waals surface area contributed by atoms with E-state index in [-0.39, 0.29) is 11.5 Å². The van der Waals surface area contributed by atoms with Gasteiger partial charge in [0.25, 0.3) is 5.91 Å². The zero-order valence-electron chi connectivity index (χ0n) is 13.9. The van der Waals surface area contributed by atoms with Gasteiger partial charge in [0, 0.05) is 44.9 Å². The summed E-state index contributed by atoms with van der Waals surface area (Å²) >= 11 is 0. The number of carbonyl (C=O) groups excluding carboxylic acids is 1. The first-order valence-corrected chi connectivity index (χ1v) is 8.39. The molecule has 2 aromatic rings. The van der Waals surface area contributed by atoms with Gasteiger partial charge in [-0.2, -0.15) is 0 Å². The maximum Gasteiger partial charge on any atom is 0.269 e. The van der Waals surface area contributed by atoms with Crippen LogP contribution in [0, 0.1) is 0 Å². The van der Waals surface area contributed by atoms with Crippen molar-refractivity contribution in [2.75, 3.05) is 13.1 Å². The Balaban J connectivity index is 1.30. The molecule has 2 aliphatic heterocycles. The van der Waals surface area contributed by atoms with Crippen molar-refractivity contribution in [2.45, 2.75) is 31.5 Å². The predicted octanol–water partition coefficient (Wildman–Crippen LogP) is 1.71. The van der Waals surface area contributed by atoms with E-state index in [1.165, 1.54) is 5.56 Å². The predicted molar refractivity (Wildman–Crippen MR) is 90.6 cm³/mol. The molecule has 0 aromatic carbocycles. The van der Waals surface area contributed by atoms with Crippen LogP contribution >= 0.6 is 0 Å². The summed E-state index contributed by atoms with van der Waals surface area (Å²) in [6, 6.07) is 7.65. The number of pyridine rings is 1. The van der Waals surface area contributed by atoms with Gasteiger partial charge in [0.15, 0.2) is 5.60 Å². The van der Waals surface area contributed by atoms with E-state index in [2.05, 4.69) is 20.4 Å². The number of nitrogens with one attached hydrogen (secondary N) is 1. The molecule has 1 N–H and O–H groups in total. The molecule has 0 radical (unpaired) electrons. The first-order chi connectivity index (χ1) is 12.2. The van der Waals surface area contributed by atoms with E-state index < -0.39 is 0 Å². The van der Waals surface area contributed by atoms with Crippen molar-refractivity contribution in [1.29, 1.82) is 0 Å². The number of rotatable bonds is 5. The molecular weight excluding hydrogens is 320 g/mol. The Morgan fingerprint density at radius 3 is 3.00 bits per heavy atom. The minimum atomic E-state index is -0.371. The normalized spacial score (nSPS) is 22.8. The molecule has 1 spiro atoms. The molecule has 2 aromatic heterocycles. The highest BCUT2D eigenvalue weighted by Gasteiger charge is 2.46. The van der Waals surface area contributed by atoms with Gasteiger partial charge in [-0.25, -0.2) is 0 Å². The summed E-state index contributed by atoms with van der Waals surface area (Å²) in [4.78, 5) is 24.3. The van der Waals surface area contributed by atoms with Gasteiger partial charge < -0.3 is 14.6 Å². The summed E-state index contributed by atoms with van der Waals surface area (Å²) in [6.45, 7) is 2.91. The van der Waals surface area contributed by atoms with Gasteiger partial charge in [-0.3, -0.25) is 14.7 Å². The number of nitrogens with zero attached hydrogens (tertiary/aromatic N) is 3. The van der Waals surface area contributed by atoms with Crippen LogP contribution in [0.5, 0.6) is 0 Å². The molecule has 1 amide bonds. The van der Waals surface area contributed by atoms with Gasteiger partial charge in [-0.1, -0.05) is 5.16 Å².